The second kappa shape index (κ2) is 5.64. The number of hydrogen-bond acceptors (Lipinski definition) is 2. The first kappa shape index (κ1) is 14.3. The number of imidazole rings is 1. The summed E-state index contributed by atoms with van der Waals surface area (Å²) in [5.41, 5.74) is 12.4. The third kappa shape index (κ3) is 2.88. The number of nitrogens with two attached hydrogens (primary N) is 1. The Bertz CT molecular complexity index is 634. The van der Waals surface area contributed by atoms with Crippen LogP contribution in [0.15, 0.2) is 18.3 Å². The Hall–Kier alpha value is -1.61. The van der Waals surface area contributed by atoms with E-state index in [9.17, 15) is 0 Å². The van der Waals surface area contributed by atoms with Gasteiger partial charge in [0.25, 0.3) is 0 Å². The molecule has 112 valence electrons. The van der Waals surface area contributed by atoms with Gasteiger partial charge in [0, 0.05) is 17.5 Å². The molecule has 0 spiro atoms. The molecule has 3 nitrogen and oxygen atoms in total. The number of H-pyrrole nitrogens is 1. The first-order chi connectivity index (χ1) is 10.0. The minimum atomic E-state index is 0.387. The quantitative estimate of drug-likeness (QED) is 0.875. The van der Waals surface area contributed by atoms with Gasteiger partial charge in [-0.25, -0.2) is 4.98 Å². The van der Waals surface area contributed by atoms with E-state index < -0.39 is 0 Å². The highest BCUT2D eigenvalue weighted by atomic mass is 14.9. The van der Waals surface area contributed by atoms with Crippen molar-refractivity contribution >= 4 is 0 Å². The van der Waals surface area contributed by atoms with E-state index in [0.29, 0.717) is 12.0 Å². The molecule has 0 amide bonds. The maximum atomic E-state index is 5.99. The molecule has 1 aromatic heterocycles. The molecule has 0 aliphatic heterocycles. The molecule has 0 bridgehead atoms. The molecule has 3 rings (SSSR count). The molecule has 1 aliphatic carbocycles. The molecule has 0 saturated heterocycles. The summed E-state index contributed by atoms with van der Waals surface area (Å²) in [6, 6.07) is 4.90. The number of aromatic nitrogens is 2. The molecule has 1 aliphatic rings. The minimum Gasteiger partial charge on any atom is -0.342 e. The normalized spacial score (nSPS) is 22.5. The van der Waals surface area contributed by atoms with Gasteiger partial charge in [0.2, 0.25) is 0 Å². The van der Waals surface area contributed by atoms with Crippen molar-refractivity contribution in [1.29, 1.82) is 0 Å². The summed E-state index contributed by atoms with van der Waals surface area (Å²) in [6.45, 7) is 6.50. The number of aryl methyl sites for hydroxylation is 3. The molecule has 1 aromatic carbocycles. The molecule has 2 aromatic rings. The lowest BCUT2D eigenvalue weighted by Crippen LogP contribution is -2.26. The van der Waals surface area contributed by atoms with Gasteiger partial charge < -0.3 is 10.7 Å². The SMILES string of the molecule is Cc1cc(C)c(-c2cnc(C3CCC(N)CC3)[nH]2)cc1C. The zero-order chi connectivity index (χ0) is 15.0. The number of nitrogens with zero attached hydrogens (tertiary/aromatic N) is 1. The highest BCUT2D eigenvalue weighted by molar-refractivity contribution is 5.65. The van der Waals surface area contributed by atoms with Gasteiger partial charge in [-0.1, -0.05) is 6.07 Å². The summed E-state index contributed by atoms with van der Waals surface area (Å²) in [4.78, 5) is 8.19. The Morgan fingerprint density at radius 3 is 2.38 bits per heavy atom. The standard InChI is InChI=1S/C18H25N3/c1-11-8-13(3)16(9-12(11)2)17-10-20-18(21-17)14-4-6-15(19)7-5-14/h8-10,14-15H,4-7,19H2,1-3H3,(H,20,21). The van der Waals surface area contributed by atoms with Crippen LogP contribution >= 0.6 is 0 Å². The minimum absolute atomic E-state index is 0.387. The van der Waals surface area contributed by atoms with Crippen molar-refractivity contribution in [3.8, 4) is 11.3 Å². The Balaban J connectivity index is 1.87. The van der Waals surface area contributed by atoms with Crippen LogP contribution in [0.1, 0.15) is 54.1 Å². The predicted molar refractivity (Wildman–Crippen MR) is 87.4 cm³/mol. The average molecular weight is 283 g/mol. The lowest BCUT2D eigenvalue weighted by atomic mass is 9.86. The highest BCUT2D eigenvalue weighted by Crippen LogP contribution is 2.32. The van der Waals surface area contributed by atoms with E-state index in [4.69, 9.17) is 5.73 Å². The number of aromatic amines is 1. The fourth-order valence-corrected chi connectivity index (χ4v) is 3.32. The van der Waals surface area contributed by atoms with E-state index in [-0.39, 0.29) is 0 Å². The first-order valence-corrected chi connectivity index (χ1v) is 7.93. The van der Waals surface area contributed by atoms with E-state index >= 15 is 0 Å². The molecular weight excluding hydrogens is 258 g/mol. The fraction of sp³-hybridized carbons (Fsp3) is 0.500. The zero-order valence-corrected chi connectivity index (χ0v) is 13.2. The molecule has 21 heavy (non-hydrogen) atoms. The van der Waals surface area contributed by atoms with Gasteiger partial charge >= 0.3 is 0 Å². The second-order valence-electron chi connectivity index (χ2n) is 6.55. The molecule has 0 atom stereocenters. The fourth-order valence-electron chi connectivity index (χ4n) is 3.32. The maximum Gasteiger partial charge on any atom is 0.109 e. The van der Waals surface area contributed by atoms with Crippen LogP contribution in [-0.2, 0) is 0 Å². The van der Waals surface area contributed by atoms with Crippen molar-refractivity contribution in [2.75, 3.05) is 0 Å². The molecule has 1 saturated carbocycles. The topological polar surface area (TPSA) is 54.7 Å². The van der Waals surface area contributed by atoms with E-state index in [2.05, 4.69) is 42.9 Å². The van der Waals surface area contributed by atoms with Gasteiger partial charge in [-0.2, -0.15) is 0 Å². The van der Waals surface area contributed by atoms with Crippen molar-refractivity contribution < 1.29 is 0 Å². The van der Waals surface area contributed by atoms with Crippen molar-refractivity contribution in [1.82, 2.24) is 9.97 Å². The maximum absolute atomic E-state index is 5.99. The van der Waals surface area contributed by atoms with Gasteiger partial charge in [-0.05, 0) is 69.2 Å². The van der Waals surface area contributed by atoms with Gasteiger partial charge in [0.05, 0.1) is 11.9 Å². The smallest absolute Gasteiger partial charge is 0.109 e. The molecule has 0 unspecified atom stereocenters. The Morgan fingerprint density at radius 1 is 1.00 bits per heavy atom. The van der Waals surface area contributed by atoms with Crippen molar-refractivity contribution in [3.63, 3.8) is 0 Å². The van der Waals surface area contributed by atoms with Gasteiger partial charge in [0.1, 0.15) is 5.82 Å². The van der Waals surface area contributed by atoms with E-state index in [1.807, 2.05) is 6.20 Å². The number of hydrogen-bond donors (Lipinski definition) is 2. The Labute approximate surface area is 127 Å². The van der Waals surface area contributed by atoms with Crippen LogP contribution in [0.25, 0.3) is 11.3 Å². The first-order valence-electron chi connectivity index (χ1n) is 7.93. The lowest BCUT2D eigenvalue weighted by molar-refractivity contribution is 0.386. The van der Waals surface area contributed by atoms with Gasteiger partial charge in [-0.3, -0.25) is 0 Å². The molecule has 3 heteroatoms. The van der Waals surface area contributed by atoms with Crippen LogP contribution in [0, 0.1) is 20.8 Å². The number of nitrogens with one attached hydrogen (secondary N) is 1. The van der Waals surface area contributed by atoms with Crippen molar-refractivity contribution in [2.24, 2.45) is 5.73 Å². The summed E-state index contributed by atoms with van der Waals surface area (Å²) in [5.74, 6) is 1.68. The van der Waals surface area contributed by atoms with Crippen LogP contribution in [0.3, 0.4) is 0 Å². The second-order valence-corrected chi connectivity index (χ2v) is 6.55. The summed E-state index contributed by atoms with van der Waals surface area (Å²) in [5, 5.41) is 0. The highest BCUT2D eigenvalue weighted by Gasteiger charge is 2.22. The molecule has 1 fully saturated rings. The monoisotopic (exact) mass is 283 g/mol. The third-order valence-corrected chi connectivity index (χ3v) is 4.88. The van der Waals surface area contributed by atoms with Crippen molar-refractivity contribution in [3.05, 3.63) is 40.8 Å². The summed E-state index contributed by atoms with van der Waals surface area (Å²) < 4.78 is 0. The van der Waals surface area contributed by atoms with Crippen LogP contribution in [0.2, 0.25) is 0 Å². The van der Waals surface area contributed by atoms with Gasteiger partial charge in [-0.15, -0.1) is 0 Å². The van der Waals surface area contributed by atoms with Crippen molar-refractivity contribution in [2.45, 2.75) is 58.4 Å². The molecule has 1 heterocycles. The largest absolute Gasteiger partial charge is 0.342 e. The van der Waals surface area contributed by atoms with E-state index in [1.165, 1.54) is 22.3 Å². The number of rotatable bonds is 2. The summed E-state index contributed by atoms with van der Waals surface area (Å²) >= 11 is 0. The third-order valence-electron chi connectivity index (χ3n) is 4.88. The molecular formula is C18H25N3. The van der Waals surface area contributed by atoms with Crippen LogP contribution in [0.5, 0.6) is 0 Å². The van der Waals surface area contributed by atoms with E-state index in [0.717, 1.165) is 37.2 Å². The lowest BCUT2D eigenvalue weighted by Gasteiger charge is -2.24. The summed E-state index contributed by atoms with van der Waals surface area (Å²) in [7, 11) is 0. The van der Waals surface area contributed by atoms with Gasteiger partial charge in [0.15, 0.2) is 0 Å². The number of benzene rings is 1. The van der Waals surface area contributed by atoms with Crippen LogP contribution in [-0.4, -0.2) is 16.0 Å². The molecule has 0 radical (unpaired) electrons. The molecule has 3 N–H and O–H groups in total. The predicted octanol–water partition coefficient (Wildman–Crippen LogP) is 3.99. The average Bonchev–Trinajstić information content (AvgIpc) is 2.93. The Morgan fingerprint density at radius 2 is 1.67 bits per heavy atom. The van der Waals surface area contributed by atoms with Crippen LogP contribution < -0.4 is 5.73 Å². The summed E-state index contributed by atoms with van der Waals surface area (Å²) in [6.07, 6.45) is 6.52. The Kier molecular flexibility index (Phi) is 3.85. The van der Waals surface area contributed by atoms with Crippen LogP contribution in [0.4, 0.5) is 0 Å². The van der Waals surface area contributed by atoms with E-state index in [1.54, 1.807) is 0 Å². The zero-order valence-electron chi connectivity index (χ0n) is 13.2.